The number of aryl methyl sites for hydroxylation is 2. The van der Waals surface area contributed by atoms with Gasteiger partial charge in [-0.3, -0.25) is 4.79 Å². The molecule has 0 saturated carbocycles. The standard InChI is InChI=1S/C19H21N3O3S/c1-12-13-7-3-5-9-15(13)22-19(20-12)26-11-17(23)21-16-10-6-4-8-14(16)18(24)25-2/h4,6,8,10H,3,5,7,9,11H2,1-2H3,(H,21,23). The molecule has 0 unspecified atom stereocenters. The second kappa shape index (κ2) is 8.31. The summed E-state index contributed by atoms with van der Waals surface area (Å²) in [5, 5.41) is 3.38. The third kappa shape index (κ3) is 4.22. The quantitative estimate of drug-likeness (QED) is 0.494. The number of para-hydroxylation sites is 1. The Kier molecular flexibility index (Phi) is 5.88. The molecule has 26 heavy (non-hydrogen) atoms. The van der Waals surface area contributed by atoms with E-state index in [1.165, 1.54) is 30.9 Å². The minimum atomic E-state index is -0.484. The van der Waals surface area contributed by atoms with Gasteiger partial charge in [-0.1, -0.05) is 23.9 Å². The zero-order valence-corrected chi connectivity index (χ0v) is 15.7. The van der Waals surface area contributed by atoms with Crippen LogP contribution in [0, 0.1) is 6.92 Å². The van der Waals surface area contributed by atoms with Crippen molar-refractivity contribution in [1.82, 2.24) is 9.97 Å². The molecule has 6 nitrogen and oxygen atoms in total. The van der Waals surface area contributed by atoms with E-state index in [1.54, 1.807) is 24.3 Å². The summed E-state index contributed by atoms with van der Waals surface area (Å²) in [6, 6.07) is 6.77. The number of carbonyl (C=O) groups excluding carboxylic acids is 2. The fourth-order valence-corrected chi connectivity index (χ4v) is 3.72. The molecule has 1 aliphatic rings. The van der Waals surface area contributed by atoms with Crippen molar-refractivity contribution >= 4 is 29.3 Å². The number of hydrogen-bond donors (Lipinski definition) is 1. The number of carbonyl (C=O) groups is 2. The molecule has 1 aromatic heterocycles. The van der Waals surface area contributed by atoms with E-state index in [4.69, 9.17) is 4.74 Å². The van der Waals surface area contributed by atoms with Gasteiger partial charge in [0, 0.05) is 11.4 Å². The molecule has 0 spiro atoms. The van der Waals surface area contributed by atoms with Crippen LogP contribution in [-0.4, -0.2) is 34.7 Å². The molecule has 0 radical (unpaired) electrons. The number of fused-ring (bicyclic) bond motifs is 1. The Labute approximate surface area is 156 Å². The van der Waals surface area contributed by atoms with Gasteiger partial charge in [-0.15, -0.1) is 0 Å². The Morgan fingerprint density at radius 3 is 2.77 bits per heavy atom. The summed E-state index contributed by atoms with van der Waals surface area (Å²) in [5.74, 6) is -0.527. The predicted molar refractivity (Wildman–Crippen MR) is 101 cm³/mol. The van der Waals surface area contributed by atoms with Gasteiger partial charge in [-0.25, -0.2) is 14.8 Å². The number of hydrogen-bond acceptors (Lipinski definition) is 6. The molecule has 1 aromatic carbocycles. The third-order valence-electron chi connectivity index (χ3n) is 4.31. The number of aromatic nitrogens is 2. The minimum absolute atomic E-state index is 0.174. The second-order valence-corrected chi connectivity index (χ2v) is 7.04. The molecule has 0 bridgehead atoms. The molecular weight excluding hydrogens is 350 g/mol. The molecule has 3 rings (SSSR count). The average molecular weight is 371 g/mol. The number of ether oxygens (including phenoxy) is 1. The second-order valence-electron chi connectivity index (χ2n) is 6.10. The Balaban J connectivity index is 1.65. The highest BCUT2D eigenvalue weighted by Crippen LogP contribution is 2.25. The summed E-state index contributed by atoms with van der Waals surface area (Å²) in [4.78, 5) is 33.2. The fraction of sp³-hybridized carbons (Fsp3) is 0.368. The summed E-state index contributed by atoms with van der Waals surface area (Å²) >= 11 is 1.30. The van der Waals surface area contributed by atoms with Gasteiger partial charge in [0.1, 0.15) is 0 Å². The first-order valence-electron chi connectivity index (χ1n) is 8.55. The number of anilines is 1. The van der Waals surface area contributed by atoms with E-state index in [0.717, 1.165) is 30.7 Å². The first kappa shape index (κ1) is 18.4. The monoisotopic (exact) mass is 371 g/mol. The van der Waals surface area contributed by atoms with Crippen LogP contribution in [0.2, 0.25) is 0 Å². The highest BCUT2D eigenvalue weighted by atomic mass is 32.2. The summed E-state index contributed by atoms with van der Waals surface area (Å²) in [6.45, 7) is 2.00. The molecule has 0 atom stereocenters. The van der Waals surface area contributed by atoms with Gasteiger partial charge in [-0.05, 0) is 50.3 Å². The maximum Gasteiger partial charge on any atom is 0.339 e. The number of benzene rings is 1. The smallest absolute Gasteiger partial charge is 0.339 e. The van der Waals surface area contributed by atoms with Gasteiger partial charge >= 0.3 is 5.97 Å². The lowest BCUT2D eigenvalue weighted by molar-refractivity contribution is -0.113. The number of methoxy groups -OCH3 is 1. The van der Waals surface area contributed by atoms with E-state index >= 15 is 0 Å². The first-order valence-corrected chi connectivity index (χ1v) is 9.53. The Morgan fingerprint density at radius 2 is 1.96 bits per heavy atom. The number of amides is 1. The number of nitrogens with zero attached hydrogens (tertiary/aromatic N) is 2. The van der Waals surface area contributed by atoms with Crippen molar-refractivity contribution in [3.05, 3.63) is 46.8 Å². The third-order valence-corrected chi connectivity index (χ3v) is 5.16. The van der Waals surface area contributed by atoms with E-state index in [-0.39, 0.29) is 11.7 Å². The molecule has 136 valence electrons. The van der Waals surface area contributed by atoms with E-state index in [9.17, 15) is 9.59 Å². The van der Waals surface area contributed by atoms with Crippen LogP contribution in [0.1, 0.15) is 40.2 Å². The van der Waals surface area contributed by atoms with Crippen LogP contribution < -0.4 is 5.32 Å². The molecule has 0 saturated heterocycles. The first-order chi connectivity index (χ1) is 12.6. The van der Waals surface area contributed by atoms with Crippen LogP contribution in [-0.2, 0) is 22.4 Å². The minimum Gasteiger partial charge on any atom is -0.465 e. The Bertz CT molecular complexity index is 839. The van der Waals surface area contributed by atoms with Crippen molar-refractivity contribution in [3.63, 3.8) is 0 Å². The van der Waals surface area contributed by atoms with Crippen LogP contribution in [0.15, 0.2) is 29.4 Å². The van der Waals surface area contributed by atoms with Crippen molar-refractivity contribution in [2.75, 3.05) is 18.2 Å². The SMILES string of the molecule is COC(=O)c1ccccc1NC(=O)CSc1nc(C)c2c(n1)CCCC2. The van der Waals surface area contributed by atoms with Crippen molar-refractivity contribution in [2.45, 2.75) is 37.8 Å². The maximum atomic E-state index is 12.3. The molecule has 7 heteroatoms. The van der Waals surface area contributed by atoms with Crippen molar-refractivity contribution < 1.29 is 14.3 Å². The van der Waals surface area contributed by atoms with Gasteiger partial charge in [0.25, 0.3) is 0 Å². The lowest BCUT2D eigenvalue weighted by Crippen LogP contribution is -2.17. The average Bonchev–Trinajstić information content (AvgIpc) is 2.66. The highest BCUT2D eigenvalue weighted by molar-refractivity contribution is 7.99. The van der Waals surface area contributed by atoms with Crippen molar-refractivity contribution in [2.24, 2.45) is 0 Å². The highest BCUT2D eigenvalue weighted by Gasteiger charge is 2.17. The molecule has 1 heterocycles. The van der Waals surface area contributed by atoms with Crippen molar-refractivity contribution in [3.8, 4) is 0 Å². The number of rotatable bonds is 5. The fourth-order valence-electron chi connectivity index (χ4n) is 3.01. The van der Waals surface area contributed by atoms with Crippen molar-refractivity contribution in [1.29, 1.82) is 0 Å². The van der Waals surface area contributed by atoms with E-state index in [2.05, 4.69) is 15.3 Å². The number of nitrogens with one attached hydrogen (secondary N) is 1. The largest absolute Gasteiger partial charge is 0.465 e. The zero-order chi connectivity index (χ0) is 18.5. The molecule has 1 aliphatic carbocycles. The van der Waals surface area contributed by atoms with E-state index < -0.39 is 5.97 Å². The summed E-state index contributed by atoms with van der Waals surface area (Å²) in [7, 11) is 1.31. The number of esters is 1. The van der Waals surface area contributed by atoms with E-state index in [1.807, 2.05) is 6.92 Å². The van der Waals surface area contributed by atoms with Gasteiger partial charge in [0.15, 0.2) is 5.16 Å². The molecule has 0 fully saturated rings. The lowest BCUT2D eigenvalue weighted by atomic mass is 9.95. The topological polar surface area (TPSA) is 81.2 Å². The van der Waals surface area contributed by atoms with Crippen LogP contribution >= 0.6 is 11.8 Å². The van der Waals surface area contributed by atoms with Crippen LogP contribution in [0.4, 0.5) is 5.69 Å². The summed E-state index contributed by atoms with van der Waals surface area (Å²) < 4.78 is 4.74. The Morgan fingerprint density at radius 1 is 1.19 bits per heavy atom. The Hall–Kier alpha value is -2.41. The summed E-state index contributed by atoms with van der Waals surface area (Å²) in [5.41, 5.74) is 4.15. The van der Waals surface area contributed by atoms with Crippen LogP contribution in [0.5, 0.6) is 0 Å². The van der Waals surface area contributed by atoms with Gasteiger partial charge in [0.05, 0.1) is 24.1 Å². The molecule has 1 N–H and O–H groups in total. The van der Waals surface area contributed by atoms with Gasteiger partial charge in [0.2, 0.25) is 5.91 Å². The predicted octanol–water partition coefficient (Wildman–Crippen LogP) is 3.18. The molecule has 0 aliphatic heterocycles. The lowest BCUT2D eigenvalue weighted by Gasteiger charge is -2.17. The van der Waals surface area contributed by atoms with E-state index in [0.29, 0.717) is 16.4 Å². The maximum absolute atomic E-state index is 12.3. The molecule has 2 aromatic rings. The summed E-state index contributed by atoms with van der Waals surface area (Å²) in [6.07, 6.45) is 4.35. The zero-order valence-electron chi connectivity index (χ0n) is 14.9. The number of thioether (sulfide) groups is 1. The van der Waals surface area contributed by atoms with Gasteiger partial charge in [-0.2, -0.15) is 0 Å². The van der Waals surface area contributed by atoms with Gasteiger partial charge < -0.3 is 10.1 Å². The normalized spacial score (nSPS) is 13.0. The van der Waals surface area contributed by atoms with Crippen LogP contribution in [0.3, 0.4) is 0 Å². The molecular formula is C19H21N3O3S. The molecule has 1 amide bonds. The van der Waals surface area contributed by atoms with Crippen LogP contribution in [0.25, 0.3) is 0 Å².